The molecule has 0 bridgehead atoms. The van der Waals surface area contributed by atoms with Gasteiger partial charge in [0, 0.05) is 91.5 Å². The van der Waals surface area contributed by atoms with E-state index in [-0.39, 0.29) is 56.1 Å². The zero-order chi connectivity index (χ0) is 76.9. The van der Waals surface area contributed by atoms with E-state index < -0.39 is 199 Å². The van der Waals surface area contributed by atoms with E-state index in [1.807, 2.05) is 0 Å². The van der Waals surface area contributed by atoms with Crippen LogP contribution < -0.4 is 86.7 Å². The number of hydrogen-bond donors (Lipinski definition) is 20. The quantitative estimate of drug-likeness (QED) is 0.0143. The van der Waals surface area contributed by atoms with Gasteiger partial charge in [-0.05, 0) is 48.6 Å². The molecule has 24 N–H and O–H groups in total. The lowest BCUT2D eigenvalue weighted by molar-refractivity contribution is -0.141. The highest BCUT2D eigenvalue weighted by atomic mass is 33.1. The number of aromatic amines is 3. The maximum atomic E-state index is 14.7. The van der Waals surface area contributed by atoms with Gasteiger partial charge in [-0.25, -0.2) is 9.97 Å². The highest BCUT2D eigenvalue weighted by Crippen LogP contribution is 2.25. The molecule has 1 aromatic carbocycles. The number of benzene rings is 1. The number of nitrogens with one attached hydrogen (secondary N) is 15. The van der Waals surface area contributed by atoms with Crippen LogP contribution in [0.4, 0.5) is 0 Å². The number of fused-ring (bicyclic) bond motifs is 1. The number of carbonyl (C=O) groups excluding carboxylic acids is 14. The molecule has 38 nitrogen and oxygen atoms in total. The van der Waals surface area contributed by atoms with Crippen LogP contribution in [-0.2, 0) is 91.2 Å². The summed E-state index contributed by atoms with van der Waals surface area (Å²) in [5, 5.41) is 41.2. The second-order valence-corrected chi connectivity index (χ2v) is 28.0. The van der Waals surface area contributed by atoms with Crippen molar-refractivity contribution in [2.24, 2.45) is 45.7 Å². The molecule has 4 aromatic rings. The Morgan fingerprint density at radius 2 is 1.13 bits per heavy atom. The van der Waals surface area contributed by atoms with E-state index in [4.69, 9.17) is 22.9 Å². The molecule has 4 heterocycles. The van der Waals surface area contributed by atoms with Crippen molar-refractivity contribution in [2.75, 3.05) is 24.6 Å². The lowest BCUT2D eigenvalue weighted by Crippen LogP contribution is -2.62. The van der Waals surface area contributed by atoms with E-state index in [1.54, 1.807) is 58.2 Å². The molecule has 104 heavy (non-hydrogen) atoms. The summed E-state index contributed by atoms with van der Waals surface area (Å²) >= 11 is 0. The third kappa shape index (κ3) is 27.2. The Hall–Kier alpha value is -10.8. The highest BCUT2D eigenvalue weighted by molar-refractivity contribution is 8.76. The van der Waals surface area contributed by atoms with Crippen LogP contribution >= 0.6 is 21.6 Å². The Morgan fingerprint density at radius 1 is 0.615 bits per heavy atom. The van der Waals surface area contributed by atoms with Crippen LogP contribution in [0.25, 0.3) is 10.9 Å². The first-order valence-electron chi connectivity index (χ1n) is 33.4. The molecule has 1 aliphatic heterocycles. The largest absolute Gasteiger partial charge is 0.481 e. The van der Waals surface area contributed by atoms with Crippen molar-refractivity contribution in [3.63, 3.8) is 0 Å². The zero-order valence-electron chi connectivity index (χ0n) is 58.5. The van der Waals surface area contributed by atoms with Crippen molar-refractivity contribution in [3.05, 3.63) is 72.5 Å². The average Bonchev–Trinajstić information content (AvgIpc) is 1.64. The number of H-pyrrole nitrogens is 3. The number of guanidine groups is 1. The minimum atomic E-state index is -2.03. The predicted octanol–water partition coefficient (Wildman–Crippen LogP) is -4.86. The molecular weight excluding hydrogens is 1400 g/mol. The van der Waals surface area contributed by atoms with Crippen LogP contribution in [0.1, 0.15) is 104 Å². The SMILES string of the molecule is CC[C@H](C)[C@H](NC(C)=O)C(=O)N[C@H]1CSSC[C@@H](C(N)=O)NC(=O)[C@H](CCCN=C(N)N)NC(=O)[C@H](Cc2cnc[nH]2)NC(=O)[C@H](Cc2cnc[nH]2)NC(=O)CNC(=O)[C@H](Cc2c[nH]c3ccccc23)NC(=O)[C@@H](CC(=O)O)NC(=O)[C@H](CCC(N)=O)NC(=O)[C@H](C(C)C)NC(=O)[C@H](C(C)C)NC1=O. The zero-order valence-corrected chi connectivity index (χ0v) is 60.1. The van der Waals surface area contributed by atoms with Crippen LogP contribution in [0.15, 0.2) is 60.5 Å². The summed E-state index contributed by atoms with van der Waals surface area (Å²) in [6, 6.07) is -10.4. The number of nitrogens with zero attached hydrogens (tertiary/aromatic N) is 3. The fourth-order valence-corrected chi connectivity index (χ4v) is 13.0. The van der Waals surface area contributed by atoms with Gasteiger partial charge in [-0.15, -0.1) is 0 Å². The van der Waals surface area contributed by atoms with E-state index in [9.17, 15) is 77.0 Å². The topological polar surface area (TPSA) is 610 Å². The maximum absolute atomic E-state index is 14.7. The second-order valence-electron chi connectivity index (χ2n) is 25.4. The minimum Gasteiger partial charge on any atom is -0.481 e. The van der Waals surface area contributed by atoms with Crippen molar-refractivity contribution in [3.8, 4) is 0 Å². The monoisotopic (exact) mass is 1490 g/mol. The smallest absolute Gasteiger partial charge is 0.305 e. The predicted molar refractivity (Wildman–Crippen MR) is 380 cm³/mol. The number of nitrogens with two attached hydrogens (primary N) is 4. The lowest BCUT2D eigenvalue weighted by atomic mass is 9.97. The van der Waals surface area contributed by atoms with E-state index in [0.29, 0.717) is 34.3 Å². The second kappa shape index (κ2) is 41.3. The van der Waals surface area contributed by atoms with Gasteiger partial charge in [0.25, 0.3) is 0 Å². The van der Waals surface area contributed by atoms with Crippen LogP contribution in [-0.4, -0.2) is 216 Å². The van der Waals surface area contributed by atoms with Gasteiger partial charge in [0.1, 0.15) is 66.5 Å². The van der Waals surface area contributed by atoms with Crippen LogP contribution in [0.2, 0.25) is 0 Å². The molecule has 40 heteroatoms. The number of para-hydroxylation sites is 1. The summed E-state index contributed by atoms with van der Waals surface area (Å²) in [6.07, 6.45) is 3.93. The third-order valence-electron chi connectivity index (χ3n) is 16.5. The first-order chi connectivity index (χ1) is 49.2. The molecule has 0 saturated carbocycles. The number of aliphatic carboxylic acids is 1. The molecule has 0 unspecified atom stereocenters. The fourth-order valence-electron chi connectivity index (χ4n) is 10.6. The summed E-state index contributed by atoms with van der Waals surface area (Å²) in [5.74, 6) is -18.3. The summed E-state index contributed by atoms with van der Waals surface area (Å²) in [7, 11) is 1.82. The van der Waals surface area contributed by atoms with Gasteiger partial charge in [-0.1, -0.05) is 87.8 Å². The Kier molecular flexibility index (Phi) is 33.3. The molecule has 0 spiro atoms. The van der Waals surface area contributed by atoms with Crippen molar-refractivity contribution >= 4 is 127 Å². The van der Waals surface area contributed by atoms with Gasteiger partial charge >= 0.3 is 5.97 Å². The number of primary amides is 2. The molecule has 3 aromatic heterocycles. The molecule has 1 fully saturated rings. The van der Waals surface area contributed by atoms with Gasteiger partial charge in [0.2, 0.25) is 82.7 Å². The van der Waals surface area contributed by atoms with E-state index >= 15 is 0 Å². The van der Waals surface area contributed by atoms with Gasteiger partial charge in [0.05, 0.1) is 25.6 Å². The molecule has 0 aliphatic carbocycles. The highest BCUT2D eigenvalue weighted by Gasteiger charge is 2.39. The van der Waals surface area contributed by atoms with Crippen LogP contribution in [0, 0.1) is 17.8 Å². The molecule has 1 saturated heterocycles. The molecular formula is C64H94N22O16S2. The minimum absolute atomic E-state index is 0.0443. The first-order valence-corrected chi connectivity index (χ1v) is 35.9. The van der Waals surface area contributed by atoms with Crippen molar-refractivity contribution in [1.29, 1.82) is 0 Å². The number of imidazole rings is 2. The number of aliphatic imine (C=N–C) groups is 1. The van der Waals surface area contributed by atoms with Gasteiger partial charge in [-0.3, -0.25) is 76.9 Å². The standard InChI is InChI=1S/C64H94N22O16S2/c1-8-32(6)52(76-33(7)87)63(102)84-46-27-104-103-26-45(53(66)92)83-55(94)39(14-11-17-71-64(67)68)78-58(97)43(20-36-24-70-29-75-36)81-57(96)42(19-35-23-69-28-74-35)77-48(89)25-73-54(93)41(18-34-22-72-38-13-10-9-12-37(34)38)80-59(98)44(21-49(90)91)82-56(95)40(15-16-47(65)88)79-61(100)50(30(2)3)86-62(101)51(31(4)5)85-60(46)99/h9-10,12-13,22-24,28-32,39-46,50-52,72H,8,11,14-21,25-27H2,1-7H3,(H2,65,88)(H2,66,92)(H,69,74)(H,70,75)(H,73,93)(H,76,87)(H,77,89)(H,78,97)(H,79,100)(H,80,98)(H,81,96)(H,82,95)(H,83,94)(H,84,102)(H,85,99)(H,86,101)(H,90,91)(H4,67,68,71)/t32-,39-,40-,41-,42-,43-,44+,45-,46-,50-,51-,52-/m0/s1. The fraction of sp³-hybridized carbons (Fsp3) is 0.531. The Bertz CT molecular complexity index is 3700. The molecule has 5 rings (SSSR count). The molecule has 14 amide bonds. The van der Waals surface area contributed by atoms with Crippen molar-refractivity contribution < 1.29 is 77.0 Å². The number of carboxylic acids is 1. The third-order valence-corrected chi connectivity index (χ3v) is 18.9. The molecule has 12 atom stereocenters. The number of carbonyl (C=O) groups is 15. The number of rotatable bonds is 23. The van der Waals surface area contributed by atoms with Crippen LogP contribution in [0.3, 0.4) is 0 Å². The summed E-state index contributed by atoms with van der Waals surface area (Å²) in [4.78, 5) is 230. The van der Waals surface area contributed by atoms with E-state index in [2.05, 4.69) is 93.7 Å². The van der Waals surface area contributed by atoms with Gasteiger partial charge < -0.3 is 107 Å². The normalized spacial score (nSPS) is 23.0. The van der Waals surface area contributed by atoms with Crippen molar-refractivity contribution in [1.82, 2.24) is 88.7 Å². The first kappa shape index (κ1) is 83.9. The summed E-state index contributed by atoms with van der Waals surface area (Å²) in [5.41, 5.74) is 24.2. The van der Waals surface area contributed by atoms with Gasteiger partial charge in [0.15, 0.2) is 5.96 Å². The summed E-state index contributed by atoms with van der Waals surface area (Å²) < 4.78 is 0. The maximum Gasteiger partial charge on any atom is 0.305 e. The number of aromatic nitrogens is 5. The Labute approximate surface area is 605 Å². The van der Waals surface area contributed by atoms with Gasteiger partial charge in [-0.2, -0.15) is 0 Å². The molecule has 568 valence electrons. The van der Waals surface area contributed by atoms with E-state index in [1.165, 1.54) is 45.8 Å². The van der Waals surface area contributed by atoms with E-state index in [0.717, 1.165) is 21.6 Å². The molecule has 1 aliphatic rings. The Morgan fingerprint density at radius 3 is 1.69 bits per heavy atom. The van der Waals surface area contributed by atoms with Crippen LogP contribution in [0.5, 0.6) is 0 Å². The molecule has 0 radical (unpaired) electrons. The number of hydrogen-bond acceptors (Lipinski definition) is 20. The summed E-state index contributed by atoms with van der Waals surface area (Å²) in [6.45, 7) is 9.88. The Balaban J connectivity index is 1.62. The lowest BCUT2D eigenvalue weighted by Gasteiger charge is -2.30. The average molecular weight is 1490 g/mol. The van der Waals surface area contributed by atoms with Crippen molar-refractivity contribution in [2.45, 2.75) is 173 Å². The number of amides is 14. The number of carboxylic acid groups (broad SMARTS) is 1.